The van der Waals surface area contributed by atoms with Crippen LogP contribution in [0, 0.1) is 5.92 Å². The molecule has 0 radical (unpaired) electrons. The van der Waals surface area contributed by atoms with E-state index in [1.807, 2.05) is 24.3 Å². The monoisotopic (exact) mass is 247 g/mol. The number of hydrogen-bond donors (Lipinski definition) is 3. The Morgan fingerprint density at radius 3 is 2.78 bits per heavy atom. The van der Waals surface area contributed by atoms with E-state index >= 15 is 0 Å². The summed E-state index contributed by atoms with van der Waals surface area (Å²) in [4.78, 5) is 11.0. The minimum absolute atomic E-state index is 0.0366. The topological polar surface area (TPSA) is 53.2 Å². The Bertz CT molecular complexity index is 400. The Labute approximate surface area is 108 Å². The highest BCUT2D eigenvalue weighted by Gasteiger charge is 2.12. The molecule has 0 unspecified atom stereocenters. The first kappa shape index (κ1) is 12.9. The highest BCUT2D eigenvalue weighted by molar-refractivity contribution is 5.89. The van der Waals surface area contributed by atoms with Gasteiger partial charge in [0.15, 0.2) is 0 Å². The van der Waals surface area contributed by atoms with Crippen molar-refractivity contribution in [1.29, 1.82) is 0 Å². The second kappa shape index (κ2) is 6.40. The zero-order valence-corrected chi connectivity index (χ0v) is 10.8. The molecule has 4 heteroatoms. The van der Waals surface area contributed by atoms with Gasteiger partial charge in [0.1, 0.15) is 0 Å². The molecule has 0 saturated carbocycles. The summed E-state index contributed by atoms with van der Waals surface area (Å²) in [5.74, 6) is 0.709. The van der Waals surface area contributed by atoms with E-state index in [0.717, 1.165) is 36.9 Å². The van der Waals surface area contributed by atoms with Crippen LogP contribution in [0.1, 0.15) is 19.8 Å². The van der Waals surface area contributed by atoms with Crippen molar-refractivity contribution < 1.29 is 4.79 Å². The van der Waals surface area contributed by atoms with Crippen LogP contribution in [-0.4, -0.2) is 25.5 Å². The molecule has 1 heterocycles. The van der Waals surface area contributed by atoms with Gasteiger partial charge in [-0.25, -0.2) is 0 Å². The lowest BCUT2D eigenvalue weighted by Gasteiger charge is -2.23. The largest absolute Gasteiger partial charge is 0.385 e. The van der Waals surface area contributed by atoms with Crippen molar-refractivity contribution in [3.8, 4) is 0 Å². The standard InChI is InChI=1S/C14H21N3O/c1-11(18)17-14-4-2-3-13(9-14)16-10-12-5-7-15-8-6-12/h2-4,9,12,15-16H,5-8,10H2,1H3,(H,17,18). The molecule has 98 valence electrons. The fourth-order valence-corrected chi connectivity index (χ4v) is 2.26. The van der Waals surface area contributed by atoms with Crippen LogP contribution in [0.15, 0.2) is 24.3 Å². The van der Waals surface area contributed by atoms with Crippen LogP contribution >= 0.6 is 0 Å². The second-order valence-corrected chi connectivity index (χ2v) is 4.84. The van der Waals surface area contributed by atoms with Crippen molar-refractivity contribution in [3.05, 3.63) is 24.3 Å². The van der Waals surface area contributed by atoms with E-state index < -0.39 is 0 Å². The third-order valence-electron chi connectivity index (χ3n) is 3.24. The highest BCUT2D eigenvalue weighted by Crippen LogP contribution is 2.17. The van der Waals surface area contributed by atoms with Crippen LogP contribution in [0.4, 0.5) is 11.4 Å². The molecule has 0 atom stereocenters. The zero-order chi connectivity index (χ0) is 12.8. The van der Waals surface area contributed by atoms with Crippen molar-refractivity contribution in [2.24, 2.45) is 5.92 Å². The summed E-state index contributed by atoms with van der Waals surface area (Å²) in [6.45, 7) is 4.77. The third kappa shape index (κ3) is 4.04. The van der Waals surface area contributed by atoms with Gasteiger partial charge in [-0.1, -0.05) is 6.07 Å². The summed E-state index contributed by atoms with van der Waals surface area (Å²) in [5, 5.41) is 9.61. The van der Waals surface area contributed by atoms with Gasteiger partial charge in [-0.15, -0.1) is 0 Å². The summed E-state index contributed by atoms with van der Waals surface area (Å²) in [6.07, 6.45) is 2.47. The number of carbonyl (C=O) groups is 1. The van der Waals surface area contributed by atoms with Gasteiger partial charge in [0.2, 0.25) is 5.91 Å². The summed E-state index contributed by atoms with van der Waals surface area (Å²) in [5.41, 5.74) is 1.91. The van der Waals surface area contributed by atoms with Crippen molar-refractivity contribution in [3.63, 3.8) is 0 Å². The highest BCUT2D eigenvalue weighted by atomic mass is 16.1. The van der Waals surface area contributed by atoms with Crippen molar-refractivity contribution >= 4 is 17.3 Å². The summed E-state index contributed by atoms with van der Waals surface area (Å²) in [7, 11) is 0. The summed E-state index contributed by atoms with van der Waals surface area (Å²) in [6, 6.07) is 7.86. The zero-order valence-electron chi connectivity index (χ0n) is 10.8. The fraction of sp³-hybridized carbons (Fsp3) is 0.500. The maximum Gasteiger partial charge on any atom is 0.221 e. The molecule has 1 saturated heterocycles. The number of carbonyl (C=O) groups excluding carboxylic acids is 1. The maximum atomic E-state index is 11.0. The average molecular weight is 247 g/mol. The Morgan fingerprint density at radius 1 is 1.33 bits per heavy atom. The van der Waals surface area contributed by atoms with E-state index in [1.54, 1.807) is 0 Å². The number of amides is 1. The summed E-state index contributed by atoms with van der Waals surface area (Å²) < 4.78 is 0. The maximum absolute atomic E-state index is 11.0. The van der Waals surface area contributed by atoms with E-state index in [1.165, 1.54) is 19.8 Å². The molecule has 0 aliphatic carbocycles. The van der Waals surface area contributed by atoms with Crippen LogP contribution < -0.4 is 16.0 Å². The van der Waals surface area contributed by atoms with Crippen LogP contribution in [0.25, 0.3) is 0 Å². The number of hydrogen-bond acceptors (Lipinski definition) is 3. The first-order valence-corrected chi connectivity index (χ1v) is 6.56. The average Bonchev–Trinajstić information content (AvgIpc) is 2.37. The fourth-order valence-electron chi connectivity index (χ4n) is 2.26. The first-order valence-electron chi connectivity index (χ1n) is 6.56. The van der Waals surface area contributed by atoms with Crippen LogP contribution in [0.3, 0.4) is 0 Å². The predicted octanol–water partition coefficient (Wildman–Crippen LogP) is 2.06. The van der Waals surface area contributed by atoms with E-state index in [-0.39, 0.29) is 5.91 Å². The lowest BCUT2D eigenvalue weighted by Crippen LogP contribution is -2.31. The molecule has 0 spiro atoms. The van der Waals surface area contributed by atoms with Gasteiger partial charge in [0, 0.05) is 24.8 Å². The third-order valence-corrected chi connectivity index (χ3v) is 3.24. The minimum atomic E-state index is -0.0366. The molecule has 3 N–H and O–H groups in total. The van der Waals surface area contributed by atoms with Gasteiger partial charge in [-0.05, 0) is 50.0 Å². The SMILES string of the molecule is CC(=O)Nc1cccc(NCC2CCNCC2)c1. The van der Waals surface area contributed by atoms with Crippen molar-refractivity contribution in [2.45, 2.75) is 19.8 Å². The molecule has 1 aromatic carbocycles. The Kier molecular flexibility index (Phi) is 4.59. The molecule has 0 aromatic heterocycles. The molecule has 0 bridgehead atoms. The number of nitrogens with one attached hydrogen (secondary N) is 3. The van der Waals surface area contributed by atoms with Gasteiger partial charge in [0.25, 0.3) is 0 Å². The predicted molar refractivity (Wildman–Crippen MR) is 74.8 cm³/mol. The van der Waals surface area contributed by atoms with Crippen LogP contribution in [-0.2, 0) is 4.79 Å². The van der Waals surface area contributed by atoms with E-state index in [2.05, 4.69) is 16.0 Å². The molecule has 1 aromatic rings. The number of benzene rings is 1. The second-order valence-electron chi connectivity index (χ2n) is 4.84. The number of anilines is 2. The molecular weight excluding hydrogens is 226 g/mol. The number of piperidine rings is 1. The molecule has 1 aliphatic rings. The van der Waals surface area contributed by atoms with Gasteiger partial charge >= 0.3 is 0 Å². The molecule has 2 rings (SSSR count). The lowest BCUT2D eigenvalue weighted by atomic mass is 9.98. The van der Waals surface area contributed by atoms with E-state index in [9.17, 15) is 4.79 Å². The van der Waals surface area contributed by atoms with Gasteiger partial charge in [-0.3, -0.25) is 4.79 Å². The molecule has 4 nitrogen and oxygen atoms in total. The number of rotatable bonds is 4. The molecular formula is C14H21N3O. The lowest BCUT2D eigenvalue weighted by molar-refractivity contribution is -0.114. The Balaban J connectivity index is 1.86. The van der Waals surface area contributed by atoms with Gasteiger partial charge in [-0.2, -0.15) is 0 Å². The Morgan fingerprint density at radius 2 is 2.06 bits per heavy atom. The quantitative estimate of drug-likeness (QED) is 0.763. The van der Waals surface area contributed by atoms with Crippen LogP contribution in [0.5, 0.6) is 0 Å². The van der Waals surface area contributed by atoms with Crippen molar-refractivity contribution in [1.82, 2.24) is 5.32 Å². The molecule has 1 fully saturated rings. The van der Waals surface area contributed by atoms with Crippen LogP contribution in [0.2, 0.25) is 0 Å². The van der Waals surface area contributed by atoms with Gasteiger partial charge in [0.05, 0.1) is 0 Å². The smallest absolute Gasteiger partial charge is 0.221 e. The van der Waals surface area contributed by atoms with Crippen molar-refractivity contribution in [2.75, 3.05) is 30.3 Å². The Hall–Kier alpha value is -1.55. The molecule has 1 aliphatic heterocycles. The van der Waals surface area contributed by atoms with E-state index in [0.29, 0.717) is 0 Å². The molecule has 18 heavy (non-hydrogen) atoms. The van der Waals surface area contributed by atoms with E-state index in [4.69, 9.17) is 0 Å². The van der Waals surface area contributed by atoms with Gasteiger partial charge < -0.3 is 16.0 Å². The molecule has 1 amide bonds. The normalized spacial score (nSPS) is 16.3. The first-order chi connectivity index (χ1) is 8.74. The minimum Gasteiger partial charge on any atom is -0.385 e. The summed E-state index contributed by atoms with van der Waals surface area (Å²) >= 11 is 0.